The number of benzene rings is 2. The van der Waals surface area contributed by atoms with E-state index in [0.717, 1.165) is 55.9 Å². The van der Waals surface area contributed by atoms with Crippen molar-refractivity contribution in [1.82, 2.24) is 14.5 Å². The van der Waals surface area contributed by atoms with Crippen LogP contribution in [0.3, 0.4) is 0 Å². The molecule has 2 heterocycles. The van der Waals surface area contributed by atoms with Gasteiger partial charge in [-0.2, -0.15) is 0 Å². The fourth-order valence-corrected chi connectivity index (χ4v) is 4.07. The first-order chi connectivity index (χ1) is 14.6. The Morgan fingerprint density at radius 1 is 1.10 bits per heavy atom. The molecule has 2 aromatic carbocycles. The third kappa shape index (κ3) is 4.70. The Morgan fingerprint density at radius 3 is 2.60 bits per heavy atom. The van der Waals surface area contributed by atoms with Gasteiger partial charge >= 0.3 is 0 Å². The van der Waals surface area contributed by atoms with E-state index in [4.69, 9.17) is 4.98 Å². The van der Waals surface area contributed by atoms with Gasteiger partial charge in [0.25, 0.3) is 5.91 Å². The molecule has 1 amide bonds. The predicted molar refractivity (Wildman–Crippen MR) is 118 cm³/mol. The number of amides is 1. The van der Waals surface area contributed by atoms with Crippen LogP contribution in [0.25, 0.3) is 11.0 Å². The van der Waals surface area contributed by atoms with Crippen LogP contribution in [0.5, 0.6) is 0 Å². The van der Waals surface area contributed by atoms with Crippen LogP contribution in [0.1, 0.15) is 55.2 Å². The number of nitrogens with zero attached hydrogens (tertiary/aromatic N) is 3. The Balaban J connectivity index is 1.57. The Morgan fingerprint density at radius 2 is 1.87 bits per heavy atom. The van der Waals surface area contributed by atoms with Crippen molar-refractivity contribution in [1.29, 1.82) is 0 Å². The number of likely N-dealkylation sites (tertiary alicyclic amines) is 1. The summed E-state index contributed by atoms with van der Waals surface area (Å²) in [6.45, 7) is 6.30. The Kier molecular flexibility index (Phi) is 6.43. The highest BCUT2D eigenvalue weighted by Gasteiger charge is 2.17. The van der Waals surface area contributed by atoms with Crippen LogP contribution in [0.15, 0.2) is 42.5 Å². The third-order valence-corrected chi connectivity index (χ3v) is 5.74. The molecule has 1 aliphatic heterocycles. The Hall–Kier alpha value is -2.73. The van der Waals surface area contributed by atoms with Crippen molar-refractivity contribution < 1.29 is 9.18 Å². The zero-order valence-electron chi connectivity index (χ0n) is 17.5. The minimum Gasteiger partial charge on any atom is -0.327 e. The Bertz CT molecular complexity index is 1010. The number of rotatable bonds is 7. The number of anilines is 1. The lowest BCUT2D eigenvalue weighted by molar-refractivity contribution is 0.102. The SMILES string of the molecule is CCCCn1c(CN2CCCCC2)nc2cc(NC(=O)c3ccc(F)cc3)ccc21. The maximum Gasteiger partial charge on any atom is 0.255 e. The summed E-state index contributed by atoms with van der Waals surface area (Å²) >= 11 is 0. The highest BCUT2D eigenvalue weighted by molar-refractivity contribution is 6.04. The second kappa shape index (κ2) is 9.39. The van der Waals surface area contributed by atoms with E-state index in [1.807, 2.05) is 18.2 Å². The summed E-state index contributed by atoms with van der Waals surface area (Å²) in [5.74, 6) is 0.488. The number of carbonyl (C=O) groups is 1. The molecule has 0 aliphatic carbocycles. The number of halogens is 1. The quantitative estimate of drug-likeness (QED) is 0.584. The first-order valence-electron chi connectivity index (χ1n) is 10.9. The average molecular weight is 409 g/mol. The largest absolute Gasteiger partial charge is 0.327 e. The molecule has 1 aliphatic rings. The Labute approximate surface area is 176 Å². The number of aryl methyl sites for hydroxylation is 1. The minimum absolute atomic E-state index is 0.256. The molecule has 6 heteroatoms. The number of carbonyl (C=O) groups excluding carboxylic acids is 1. The van der Waals surface area contributed by atoms with Gasteiger partial charge < -0.3 is 9.88 Å². The highest BCUT2D eigenvalue weighted by atomic mass is 19.1. The highest BCUT2D eigenvalue weighted by Crippen LogP contribution is 2.23. The van der Waals surface area contributed by atoms with Crippen molar-refractivity contribution in [3.63, 3.8) is 0 Å². The summed E-state index contributed by atoms with van der Waals surface area (Å²) < 4.78 is 15.4. The second-order valence-electron chi connectivity index (χ2n) is 8.03. The number of hydrogen-bond acceptors (Lipinski definition) is 3. The van der Waals surface area contributed by atoms with Gasteiger partial charge in [-0.25, -0.2) is 9.37 Å². The van der Waals surface area contributed by atoms with E-state index < -0.39 is 0 Å². The van der Waals surface area contributed by atoms with E-state index in [1.54, 1.807) is 0 Å². The molecule has 0 atom stereocenters. The van der Waals surface area contributed by atoms with E-state index in [9.17, 15) is 9.18 Å². The molecule has 0 saturated carbocycles. The fourth-order valence-electron chi connectivity index (χ4n) is 4.07. The van der Waals surface area contributed by atoms with E-state index >= 15 is 0 Å². The summed E-state index contributed by atoms with van der Waals surface area (Å²) in [6, 6.07) is 11.4. The molecule has 1 N–H and O–H groups in total. The van der Waals surface area contributed by atoms with Crippen molar-refractivity contribution in [2.45, 2.75) is 52.1 Å². The normalized spacial score (nSPS) is 14.9. The third-order valence-electron chi connectivity index (χ3n) is 5.74. The van der Waals surface area contributed by atoms with Crippen molar-refractivity contribution in [3.8, 4) is 0 Å². The average Bonchev–Trinajstić information content (AvgIpc) is 3.09. The number of piperidine rings is 1. The van der Waals surface area contributed by atoms with Gasteiger partial charge in [0, 0.05) is 17.8 Å². The molecule has 5 nitrogen and oxygen atoms in total. The monoisotopic (exact) mass is 408 g/mol. The van der Waals surface area contributed by atoms with E-state index in [2.05, 4.69) is 21.7 Å². The number of fused-ring (bicyclic) bond motifs is 1. The van der Waals surface area contributed by atoms with Crippen molar-refractivity contribution in [2.24, 2.45) is 0 Å². The molecule has 1 saturated heterocycles. The molecule has 0 bridgehead atoms. The van der Waals surface area contributed by atoms with Crippen molar-refractivity contribution in [2.75, 3.05) is 18.4 Å². The number of hydrogen-bond donors (Lipinski definition) is 1. The lowest BCUT2D eigenvalue weighted by atomic mass is 10.1. The van der Waals surface area contributed by atoms with Gasteiger partial charge in [-0.15, -0.1) is 0 Å². The van der Waals surface area contributed by atoms with Crippen molar-refractivity contribution in [3.05, 3.63) is 59.7 Å². The summed E-state index contributed by atoms with van der Waals surface area (Å²) in [6.07, 6.45) is 6.08. The van der Waals surface area contributed by atoms with E-state index in [-0.39, 0.29) is 11.7 Å². The molecule has 0 radical (unpaired) electrons. The van der Waals surface area contributed by atoms with Gasteiger partial charge in [0.15, 0.2) is 0 Å². The van der Waals surface area contributed by atoms with Crippen LogP contribution in [0, 0.1) is 5.82 Å². The molecule has 0 spiro atoms. The maximum atomic E-state index is 13.1. The number of aromatic nitrogens is 2. The first kappa shape index (κ1) is 20.5. The number of unbranched alkanes of at least 4 members (excludes halogenated alkanes) is 1. The van der Waals surface area contributed by atoms with E-state index in [1.165, 1.54) is 43.5 Å². The zero-order valence-corrected chi connectivity index (χ0v) is 17.5. The van der Waals surface area contributed by atoms with Gasteiger partial charge in [0.1, 0.15) is 11.6 Å². The molecule has 158 valence electrons. The molecule has 3 aromatic rings. The van der Waals surface area contributed by atoms with Gasteiger partial charge in [0.2, 0.25) is 0 Å². The molecule has 1 fully saturated rings. The van der Waals surface area contributed by atoms with Gasteiger partial charge in [-0.1, -0.05) is 19.8 Å². The lowest BCUT2D eigenvalue weighted by Crippen LogP contribution is -2.30. The van der Waals surface area contributed by atoms with Gasteiger partial charge in [-0.05, 0) is 74.8 Å². The van der Waals surface area contributed by atoms with Crippen molar-refractivity contribution >= 4 is 22.6 Å². The number of nitrogens with one attached hydrogen (secondary N) is 1. The van der Waals surface area contributed by atoms with Crippen LogP contribution in [-0.4, -0.2) is 33.4 Å². The first-order valence-corrected chi connectivity index (χ1v) is 10.9. The molecule has 1 aromatic heterocycles. The van der Waals surface area contributed by atoms with Crippen LogP contribution in [0.4, 0.5) is 10.1 Å². The smallest absolute Gasteiger partial charge is 0.255 e. The fraction of sp³-hybridized carbons (Fsp3) is 0.417. The zero-order chi connectivity index (χ0) is 20.9. The topological polar surface area (TPSA) is 50.2 Å². The summed E-state index contributed by atoms with van der Waals surface area (Å²) in [7, 11) is 0. The second-order valence-corrected chi connectivity index (χ2v) is 8.03. The maximum absolute atomic E-state index is 13.1. The summed E-state index contributed by atoms with van der Waals surface area (Å²) in [4.78, 5) is 19.9. The molecular weight excluding hydrogens is 379 g/mol. The summed E-state index contributed by atoms with van der Waals surface area (Å²) in [5, 5.41) is 2.90. The molecule has 4 rings (SSSR count). The van der Waals surface area contributed by atoms with Crippen LogP contribution >= 0.6 is 0 Å². The lowest BCUT2D eigenvalue weighted by Gasteiger charge is -2.26. The number of imidazole rings is 1. The molecule has 0 unspecified atom stereocenters. The van der Waals surface area contributed by atoms with Crippen LogP contribution in [-0.2, 0) is 13.1 Å². The van der Waals surface area contributed by atoms with Crippen LogP contribution in [0.2, 0.25) is 0 Å². The van der Waals surface area contributed by atoms with Gasteiger partial charge in [-0.3, -0.25) is 9.69 Å². The summed E-state index contributed by atoms with van der Waals surface area (Å²) in [5.41, 5.74) is 3.13. The van der Waals surface area contributed by atoms with Gasteiger partial charge in [0.05, 0.1) is 17.6 Å². The van der Waals surface area contributed by atoms with Crippen LogP contribution < -0.4 is 5.32 Å². The predicted octanol–water partition coefficient (Wildman–Crippen LogP) is 5.21. The molecule has 30 heavy (non-hydrogen) atoms. The standard InChI is InChI=1S/C24H29FN4O/c1-2-3-15-29-22-12-11-20(26-24(30)18-7-9-19(25)10-8-18)16-21(22)27-23(29)17-28-13-5-4-6-14-28/h7-12,16H,2-6,13-15,17H2,1H3,(H,26,30). The molecular formula is C24H29FN4O. The van der Waals surface area contributed by atoms with E-state index in [0.29, 0.717) is 11.3 Å². The minimum atomic E-state index is -0.355.